The second-order valence-electron chi connectivity index (χ2n) is 6.59. The van der Waals surface area contributed by atoms with E-state index in [0.717, 1.165) is 18.8 Å². The van der Waals surface area contributed by atoms with Gasteiger partial charge in [0.1, 0.15) is 18.0 Å². The van der Waals surface area contributed by atoms with Gasteiger partial charge >= 0.3 is 0 Å². The Kier molecular flexibility index (Phi) is 5.79. The van der Waals surface area contributed by atoms with Crippen LogP contribution in [0.1, 0.15) is 12.2 Å². The number of nitrogens with zero attached hydrogens (tertiary/aromatic N) is 6. The minimum absolute atomic E-state index is 0.226. The van der Waals surface area contributed by atoms with E-state index in [1.807, 2.05) is 20.2 Å². The number of rotatable bonds is 7. The van der Waals surface area contributed by atoms with Crippen LogP contribution in [-0.4, -0.2) is 76.4 Å². The monoisotopic (exact) mass is 359 g/mol. The van der Waals surface area contributed by atoms with Gasteiger partial charge in [-0.3, -0.25) is 0 Å². The molecule has 2 aromatic heterocycles. The number of methoxy groups -OCH3 is 1. The summed E-state index contributed by atoms with van der Waals surface area (Å²) in [5, 5.41) is 13.3. The first-order valence-electron chi connectivity index (χ1n) is 8.56. The fraction of sp³-hybridized carbons (Fsp3) is 0.529. The van der Waals surface area contributed by atoms with E-state index in [-0.39, 0.29) is 12.1 Å². The topological polar surface area (TPSA) is 99.5 Å². The molecule has 1 aliphatic heterocycles. The molecule has 0 amide bonds. The lowest BCUT2D eigenvalue weighted by Crippen LogP contribution is -2.38. The van der Waals surface area contributed by atoms with Gasteiger partial charge in [-0.1, -0.05) is 0 Å². The zero-order valence-corrected chi connectivity index (χ0v) is 15.3. The van der Waals surface area contributed by atoms with Crippen molar-refractivity contribution in [3.05, 3.63) is 30.5 Å². The van der Waals surface area contributed by atoms with Crippen LogP contribution in [-0.2, 0) is 6.54 Å². The second kappa shape index (κ2) is 8.24. The van der Waals surface area contributed by atoms with Crippen LogP contribution in [0.4, 0.5) is 11.6 Å². The van der Waals surface area contributed by atoms with Crippen molar-refractivity contribution in [3.8, 4) is 5.88 Å². The summed E-state index contributed by atoms with van der Waals surface area (Å²) in [5.41, 5.74) is 0. The van der Waals surface area contributed by atoms with E-state index in [1.54, 1.807) is 19.4 Å². The van der Waals surface area contributed by atoms with Crippen molar-refractivity contribution in [2.75, 3.05) is 44.5 Å². The first-order valence-corrected chi connectivity index (χ1v) is 8.56. The van der Waals surface area contributed by atoms with E-state index in [2.05, 4.69) is 35.1 Å². The smallest absolute Gasteiger partial charge is 0.216 e. The van der Waals surface area contributed by atoms with E-state index in [0.29, 0.717) is 30.6 Å². The third kappa shape index (κ3) is 4.55. The maximum atomic E-state index is 10.1. The molecule has 3 heterocycles. The van der Waals surface area contributed by atoms with Crippen molar-refractivity contribution >= 4 is 11.6 Å². The summed E-state index contributed by atoms with van der Waals surface area (Å²) in [6, 6.07) is 3.82. The highest BCUT2D eigenvalue weighted by molar-refractivity contribution is 5.50. The molecule has 0 saturated carbocycles. The molecule has 1 saturated heterocycles. The molecule has 0 radical (unpaired) electrons. The predicted molar refractivity (Wildman–Crippen MR) is 98.3 cm³/mol. The molecule has 2 N–H and O–H groups in total. The Morgan fingerprint density at radius 3 is 2.96 bits per heavy atom. The first-order chi connectivity index (χ1) is 12.5. The van der Waals surface area contributed by atoms with Crippen LogP contribution in [0.2, 0.25) is 0 Å². The highest BCUT2D eigenvalue weighted by Crippen LogP contribution is 2.25. The number of likely N-dealkylation sites (N-methyl/N-ethyl adjacent to an activating group) is 1. The van der Waals surface area contributed by atoms with Crippen LogP contribution in [0, 0.1) is 0 Å². The van der Waals surface area contributed by atoms with Gasteiger partial charge in [0, 0.05) is 37.5 Å². The van der Waals surface area contributed by atoms with E-state index in [9.17, 15) is 5.11 Å². The van der Waals surface area contributed by atoms with E-state index in [4.69, 9.17) is 4.74 Å². The lowest BCUT2D eigenvalue weighted by Gasteiger charge is -2.27. The number of hydrogen-bond donors (Lipinski definition) is 2. The second-order valence-corrected chi connectivity index (χ2v) is 6.59. The molecule has 2 atom stereocenters. The molecule has 0 spiro atoms. The molecule has 9 heteroatoms. The third-order valence-corrected chi connectivity index (χ3v) is 4.23. The number of nitrogens with one attached hydrogen (secondary N) is 1. The molecule has 140 valence electrons. The molecule has 0 aromatic carbocycles. The number of aromatic nitrogens is 4. The normalized spacial score (nSPS) is 19.8. The lowest BCUT2D eigenvalue weighted by molar-refractivity contribution is 0.191. The van der Waals surface area contributed by atoms with Crippen molar-refractivity contribution in [3.63, 3.8) is 0 Å². The molecular weight excluding hydrogens is 334 g/mol. The molecule has 1 fully saturated rings. The minimum Gasteiger partial charge on any atom is -0.481 e. The Morgan fingerprint density at radius 2 is 2.19 bits per heavy atom. The average molecular weight is 359 g/mol. The van der Waals surface area contributed by atoms with E-state index < -0.39 is 0 Å². The summed E-state index contributed by atoms with van der Waals surface area (Å²) >= 11 is 0. The summed E-state index contributed by atoms with van der Waals surface area (Å²) < 4.78 is 5.11. The Labute approximate surface area is 153 Å². The summed E-state index contributed by atoms with van der Waals surface area (Å²) in [6.45, 7) is 1.87. The summed E-state index contributed by atoms with van der Waals surface area (Å²) in [6.07, 6.45) is 3.59. The van der Waals surface area contributed by atoms with Crippen molar-refractivity contribution in [2.45, 2.75) is 25.1 Å². The van der Waals surface area contributed by atoms with Crippen LogP contribution in [0.25, 0.3) is 0 Å². The van der Waals surface area contributed by atoms with Crippen LogP contribution in [0.15, 0.2) is 24.7 Å². The average Bonchev–Trinajstić information content (AvgIpc) is 3.00. The number of β-amino-alcohol motifs (C(OH)–C–C–N with tert-alkyl or cyclic N) is 1. The largest absolute Gasteiger partial charge is 0.481 e. The molecule has 0 bridgehead atoms. The molecule has 0 unspecified atom stereocenters. The Hall–Kier alpha value is -2.52. The standard InChI is InChI=1S/C17H25N7O2/c1-23(2)9-12-6-13(25)10-24(12)16-7-14(20-11-21-16)19-8-15-18-5-4-17(22-15)26-3/h4-5,7,11-13,25H,6,8-10H2,1-3H3,(H,19,20,21)/t12-,13-/m1/s1. The van der Waals surface area contributed by atoms with Gasteiger partial charge in [0.25, 0.3) is 0 Å². The molecule has 2 aromatic rings. The van der Waals surface area contributed by atoms with Crippen LogP contribution < -0.4 is 15.0 Å². The molecule has 26 heavy (non-hydrogen) atoms. The molecule has 0 aliphatic carbocycles. The molecular formula is C17H25N7O2. The zero-order chi connectivity index (χ0) is 18.5. The SMILES string of the molecule is COc1ccnc(CNc2cc(N3C[C@H](O)C[C@@H]3CN(C)C)ncn2)n1. The van der Waals surface area contributed by atoms with Gasteiger partial charge in [-0.15, -0.1) is 0 Å². The highest BCUT2D eigenvalue weighted by atomic mass is 16.5. The van der Waals surface area contributed by atoms with Crippen molar-refractivity contribution in [1.82, 2.24) is 24.8 Å². The molecule has 1 aliphatic rings. The van der Waals surface area contributed by atoms with Crippen LogP contribution in [0.5, 0.6) is 5.88 Å². The number of aliphatic hydroxyl groups is 1. The number of anilines is 2. The summed E-state index contributed by atoms with van der Waals surface area (Å²) in [5.74, 6) is 2.63. The zero-order valence-electron chi connectivity index (χ0n) is 15.3. The van der Waals surface area contributed by atoms with Gasteiger partial charge in [-0.2, -0.15) is 4.98 Å². The van der Waals surface area contributed by atoms with Crippen molar-refractivity contribution in [2.24, 2.45) is 0 Å². The van der Waals surface area contributed by atoms with Crippen LogP contribution in [0.3, 0.4) is 0 Å². The highest BCUT2D eigenvalue weighted by Gasteiger charge is 2.32. The Morgan fingerprint density at radius 1 is 1.35 bits per heavy atom. The van der Waals surface area contributed by atoms with Crippen molar-refractivity contribution < 1.29 is 9.84 Å². The van der Waals surface area contributed by atoms with Gasteiger partial charge in [-0.25, -0.2) is 15.0 Å². The van der Waals surface area contributed by atoms with Crippen molar-refractivity contribution in [1.29, 1.82) is 0 Å². The molecule has 3 rings (SSSR count). The minimum atomic E-state index is -0.337. The lowest BCUT2D eigenvalue weighted by atomic mass is 10.2. The number of ether oxygens (including phenoxy) is 1. The fourth-order valence-electron chi connectivity index (χ4n) is 3.12. The summed E-state index contributed by atoms with van der Waals surface area (Å²) in [7, 11) is 5.64. The van der Waals surface area contributed by atoms with Gasteiger partial charge in [0.15, 0.2) is 5.82 Å². The molecule has 9 nitrogen and oxygen atoms in total. The van der Waals surface area contributed by atoms with Gasteiger partial charge < -0.3 is 25.0 Å². The quantitative estimate of drug-likeness (QED) is 0.727. The Bertz CT molecular complexity index is 728. The Balaban J connectivity index is 1.69. The summed E-state index contributed by atoms with van der Waals surface area (Å²) in [4.78, 5) is 21.4. The number of hydrogen-bond acceptors (Lipinski definition) is 9. The maximum absolute atomic E-state index is 10.1. The van der Waals surface area contributed by atoms with Gasteiger partial charge in [0.05, 0.1) is 19.8 Å². The van der Waals surface area contributed by atoms with Gasteiger partial charge in [0.2, 0.25) is 5.88 Å². The van der Waals surface area contributed by atoms with Crippen LogP contribution >= 0.6 is 0 Å². The third-order valence-electron chi connectivity index (χ3n) is 4.23. The fourth-order valence-corrected chi connectivity index (χ4v) is 3.12. The van der Waals surface area contributed by atoms with Gasteiger partial charge in [-0.05, 0) is 20.5 Å². The van der Waals surface area contributed by atoms with E-state index in [1.165, 1.54) is 6.33 Å². The maximum Gasteiger partial charge on any atom is 0.216 e. The predicted octanol–water partition coefficient (Wildman–Crippen LogP) is 0.389. The first kappa shape index (κ1) is 18.3. The number of aliphatic hydroxyl groups excluding tert-OH is 1. The van der Waals surface area contributed by atoms with E-state index >= 15 is 0 Å².